The number of primary amides is 1. The molecule has 2 atom stereocenters. The first-order valence-electron chi connectivity index (χ1n) is 8.78. The Bertz CT molecular complexity index is 996. The SMILES string of the molecule is NC(=O)Cn1c(C[NH+]2CCC[C@H]2c2cccs2)nc2ccccc2c1=O. The first kappa shape index (κ1) is 16.9. The van der Waals surface area contributed by atoms with Crippen LogP contribution in [0.3, 0.4) is 0 Å². The van der Waals surface area contributed by atoms with Crippen LogP contribution < -0.4 is 16.2 Å². The third kappa shape index (κ3) is 3.15. The zero-order chi connectivity index (χ0) is 18.1. The van der Waals surface area contributed by atoms with Crippen LogP contribution in [0, 0.1) is 0 Å². The molecule has 1 fully saturated rings. The maximum Gasteiger partial charge on any atom is 0.262 e. The van der Waals surface area contributed by atoms with Crippen molar-refractivity contribution in [2.24, 2.45) is 5.73 Å². The zero-order valence-corrected chi connectivity index (χ0v) is 15.2. The predicted octanol–water partition coefficient (Wildman–Crippen LogP) is 0.863. The molecule has 3 N–H and O–H groups in total. The molecule has 1 amide bonds. The summed E-state index contributed by atoms with van der Waals surface area (Å²) in [4.78, 5) is 31.9. The van der Waals surface area contributed by atoms with Crippen LogP contribution in [0.1, 0.15) is 29.6 Å². The van der Waals surface area contributed by atoms with Crippen LogP contribution in [0.15, 0.2) is 46.6 Å². The number of thiophene rings is 1. The van der Waals surface area contributed by atoms with E-state index in [1.54, 1.807) is 23.5 Å². The van der Waals surface area contributed by atoms with Gasteiger partial charge < -0.3 is 10.6 Å². The van der Waals surface area contributed by atoms with E-state index in [0.717, 1.165) is 19.4 Å². The Kier molecular flexibility index (Phi) is 4.57. The van der Waals surface area contributed by atoms with Gasteiger partial charge in [0.05, 0.1) is 22.3 Å². The van der Waals surface area contributed by atoms with Gasteiger partial charge in [-0.3, -0.25) is 14.2 Å². The third-order valence-electron chi connectivity index (χ3n) is 5.01. The van der Waals surface area contributed by atoms with Crippen molar-refractivity contribution in [3.8, 4) is 0 Å². The lowest BCUT2D eigenvalue weighted by molar-refractivity contribution is -0.932. The number of hydrogen-bond acceptors (Lipinski definition) is 4. The molecule has 0 aliphatic carbocycles. The Morgan fingerprint density at radius 3 is 2.92 bits per heavy atom. The summed E-state index contributed by atoms with van der Waals surface area (Å²) in [6.07, 6.45) is 2.27. The number of quaternary nitrogens is 1. The van der Waals surface area contributed by atoms with Crippen molar-refractivity contribution in [3.63, 3.8) is 0 Å². The fraction of sp³-hybridized carbons (Fsp3) is 0.316. The number of likely N-dealkylation sites (tertiary alicyclic amines) is 1. The number of amides is 1. The minimum absolute atomic E-state index is 0.136. The molecule has 6 nitrogen and oxygen atoms in total. The van der Waals surface area contributed by atoms with Gasteiger partial charge in [-0.05, 0) is 23.6 Å². The van der Waals surface area contributed by atoms with E-state index in [2.05, 4.69) is 17.5 Å². The molecule has 134 valence electrons. The second-order valence-electron chi connectivity index (χ2n) is 6.70. The minimum atomic E-state index is -0.531. The summed E-state index contributed by atoms with van der Waals surface area (Å²) < 4.78 is 1.45. The van der Waals surface area contributed by atoms with E-state index in [0.29, 0.717) is 29.3 Å². The molecule has 0 saturated carbocycles. The molecule has 7 heteroatoms. The summed E-state index contributed by atoms with van der Waals surface area (Å²) in [5.74, 6) is 0.0996. The van der Waals surface area contributed by atoms with E-state index >= 15 is 0 Å². The highest BCUT2D eigenvalue weighted by atomic mass is 32.1. The normalized spacial score (nSPS) is 19.8. The largest absolute Gasteiger partial charge is 0.368 e. The molecule has 0 radical (unpaired) electrons. The van der Waals surface area contributed by atoms with E-state index in [1.165, 1.54) is 14.3 Å². The van der Waals surface area contributed by atoms with Crippen LogP contribution in [0.4, 0.5) is 0 Å². The Morgan fingerprint density at radius 2 is 2.15 bits per heavy atom. The van der Waals surface area contributed by atoms with E-state index in [9.17, 15) is 9.59 Å². The van der Waals surface area contributed by atoms with Gasteiger partial charge in [-0.25, -0.2) is 4.98 Å². The van der Waals surface area contributed by atoms with Crippen molar-refractivity contribution >= 4 is 28.1 Å². The fourth-order valence-corrected chi connectivity index (χ4v) is 4.75. The second-order valence-corrected chi connectivity index (χ2v) is 7.68. The van der Waals surface area contributed by atoms with E-state index in [-0.39, 0.29) is 12.1 Å². The maximum absolute atomic E-state index is 12.9. The van der Waals surface area contributed by atoms with Gasteiger partial charge in [-0.2, -0.15) is 0 Å². The topological polar surface area (TPSA) is 82.4 Å². The quantitative estimate of drug-likeness (QED) is 0.700. The number of hydrogen-bond donors (Lipinski definition) is 2. The lowest BCUT2D eigenvalue weighted by Crippen LogP contribution is -3.09. The van der Waals surface area contributed by atoms with Crippen LogP contribution in [-0.2, 0) is 17.9 Å². The first-order chi connectivity index (χ1) is 12.6. The number of nitrogens with zero attached hydrogens (tertiary/aromatic N) is 2. The van der Waals surface area contributed by atoms with Crippen molar-refractivity contribution < 1.29 is 9.69 Å². The van der Waals surface area contributed by atoms with Crippen LogP contribution in [0.5, 0.6) is 0 Å². The Morgan fingerprint density at radius 1 is 1.31 bits per heavy atom. The van der Waals surface area contributed by atoms with Crippen LogP contribution in [0.2, 0.25) is 0 Å². The number of fused-ring (bicyclic) bond motifs is 1. The van der Waals surface area contributed by atoms with Gasteiger partial charge in [-0.15, -0.1) is 11.3 Å². The van der Waals surface area contributed by atoms with Gasteiger partial charge in [0.15, 0.2) is 5.82 Å². The molecule has 0 spiro atoms. The van der Waals surface area contributed by atoms with Gasteiger partial charge in [0.1, 0.15) is 19.1 Å². The van der Waals surface area contributed by atoms with Gasteiger partial charge in [0.25, 0.3) is 5.56 Å². The molecule has 1 aliphatic rings. The molecular formula is C19H21N4O2S+. The van der Waals surface area contributed by atoms with Crippen LogP contribution in [0.25, 0.3) is 10.9 Å². The number of rotatable bonds is 5. The predicted molar refractivity (Wildman–Crippen MR) is 101 cm³/mol. The highest BCUT2D eigenvalue weighted by molar-refractivity contribution is 7.10. The number of carbonyl (C=O) groups is 1. The number of para-hydroxylation sites is 1. The second kappa shape index (κ2) is 7.01. The molecule has 1 unspecified atom stereocenters. The summed E-state index contributed by atoms with van der Waals surface area (Å²) in [7, 11) is 0. The number of benzene rings is 1. The minimum Gasteiger partial charge on any atom is -0.368 e. The van der Waals surface area contributed by atoms with E-state index < -0.39 is 5.91 Å². The van der Waals surface area contributed by atoms with Crippen molar-refractivity contribution in [2.75, 3.05) is 6.54 Å². The smallest absolute Gasteiger partial charge is 0.262 e. The van der Waals surface area contributed by atoms with Gasteiger partial charge >= 0.3 is 0 Å². The first-order valence-corrected chi connectivity index (χ1v) is 9.66. The molecule has 26 heavy (non-hydrogen) atoms. The van der Waals surface area contributed by atoms with Gasteiger partial charge in [0, 0.05) is 12.8 Å². The Labute approximate surface area is 154 Å². The van der Waals surface area contributed by atoms with E-state index in [4.69, 9.17) is 10.7 Å². The highest BCUT2D eigenvalue weighted by Gasteiger charge is 2.32. The standard InChI is InChI=1S/C19H20N4O2S/c20-17(24)11-23-18(21-14-6-2-1-5-13(14)19(23)25)12-22-9-3-7-15(22)16-8-4-10-26-16/h1-2,4-6,8,10,15H,3,7,9,11-12H2,(H2,20,24)/p+1/t15-/m0/s1. The molecule has 2 aromatic heterocycles. The summed E-state index contributed by atoms with van der Waals surface area (Å²) in [6.45, 7) is 1.50. The summed E-state index contributed by atoms with van der Waals surface area (Å²) in [5.41, 5.74) is 5.86. The van der Waals surface area contributed by atoms with Gasteiger partial charge in [-0.1, -0.05) is 18.2 Å². The number of carbonyl (C=O) groups excluding carboxylic acids is 1. The summed E-state index contributed by atoms with van der Waals surface area (Å²) >= 11 is 1.77. The van der Waals surface area contributed by atoms with Crippen molar-refractivity contribution in [2.45, 2.75) is 32.0 Å². The number of nitrogens with one attached hydrogen (secondary N) is 1. The molecule has 3 aromatic rings. The molecule has 0 bridgehead atoms. The molecule has 4 rings (SSSR count). The monoisotopic (exact) mass is 369 g/mol. The number of nitrogens with two attached hydrogens (primary N) is 1. The number of aromatic nitrogens is 2. The van der Waals surface area contributed by atoms with Crippen LogP contribution in [-0.4, -0.2) is 22.0 Å². The lowest BCUT2D eigenvalue weighted by atomic mass is 10.2. The average Bonchev–Trinajstić information content (AvgIpc) is 3.29. The fourth-order valence-electron chi connectivity index (χ4n) is 3.83. The third-order valence-corrected chi connectivity index (χ3v) is 6.00. The maximum atomic E-state index is 12.9. The molecule has 3 heterocycles. The highest BCUT2D eigenvalue weighted by Crippen LogP contribution is 2.23. The van der Waals surface area contributed by atoms with Crippen molar-refractivity contribution in [1.29, 1.82) is 0 Å². The van der Waals surface area contributed by atoms with E-state index in [1.807, 2.05) is 12.1 Å². The summed E-state index contributed by atoms with van der Waals surface area (Å²) in [6, 6.07) is 11.9. The average molecular weight is 369 g/mol. The molecule has 1 aromatic carbocycles. The van der Waals surface area contributed by atoms with Gasteiger partial charge in [0.2, 0.25) is 5.91 Å². The van der Waals surface area contributed by atoms with Crippen LogP contribution >= 0.6 is 11.3 Å². The Hall–Kier alpha value is -2.51. The molecule has 1 aliphatic heterocycles. The summed E-state index contributed by atoms with van der Waals surface area (Å²) in [5, 5.41) is 2.62. The zero-order valence-electron chi connectivity index (χ0n) is 14.4. The van der Waals surface area contributed by atoms with Crippen molar-refractivity contribution in [1.82, 2.24) is 9.55 Å². The Balaban J connectivity index is 1.75. The van der Waals surface area contributed by atoms with Crippen molar-refractivity contribution in [3.05, 3.63) is 62.8 Å². The molecular weight excluding hydrogens is 348 g/mol. The lowest BCUT2D eigenvalue weighted by Gasteiger charge is -2.22. The molecule has 1 saturated heterocycles.